The van der Waals surface area contributed by atoms with Crippen molar-refractivity contribution in [2.75, 3.05) is 13.2 Å². The van der Waals surface area contributed by atoms with Crippen molar-refractivity contribution < 1.29 is 4.74 Å². The van der Waals surface area contributed by atoms with Gasteiger partial charge in [0.25, 0.3) is 0 Å². The third kappa shape index (κ3) is 5.64. The van der Waals surface area contributed by atoms with Crippen LogP contribution in [0.2, 0.25) is 0 Å². The molecule has 114 valence electrons. The maximum absolute atomic E-state index is 6.03. The zero-order valence-corrected chi connectivity index (χ0v) is 13.8. The summed E-state index contributed by atoms with van der Waals surface area (Å²) in [5, 5.41) is 3.63. The summed E-state index contributed by atoms with van der Waals surface area (Å²) in [4.78, 5) is 0. The average molecular weight is 277 g/mol. The van der Waals surface area contributed by atoms with Gasteiger partial charge < -0.3 is 10.1 Å². The summed E-state index contributed by atoms with van der Waals surface area (Å²) in [6.45, 7) is 12.7. The molecule has 1 rings (SSSR count). The molecule has 2 atom stereocenters. The van der Waals surface area contributed by atoms with E-state index >= 15 is 0 Å². The number of ether oxygens (including phenoxy) is 1. The molecule has 0 radical (unpaired) electrons. The SMILES string of the molecule is CCCNC(COC(C)CCC)c1cc(C)ccc1C. The monoisotopic (exact) mass is 277 g/mol. The zero-order chi connectivity index (χ0) is 15.0. The van der Waals surface area contributed by atoms with Crippen LogP contribution in [0.4, 0.5) is 0 Å². The highest BCUT2D eigenvalue weighted by Gasteiger charge is 2.15. The van der Waals surface area contributed by atoms with Gasteiger partial charge in [0.1, 0.15) is 0 Å². The molecule has 0 aliphatic rings. The molecule has 0 bridgehead atoms. The largest absolute Gasteiger partial charge is 0.377 e. The second kappa shape index (κ2) is 9.15. The molecule has 0 fully saturated rings. The number of hydrogen-bond acceptors (Lipinski definition) is 2. The number of nitrogens with one attached hydrogen (secondary N) is 1. The number of rotatable bonds is 9. The number of hydrogen-bond donors (Lipinski definition) is 1. The second-order valence-corrected chi connectivity index (χ2v) is 5.80. The highest BCUT2D eigenvalue weighted by Crippen LogP contribution is 2.20. The number of benzene rings is 1. The molecule has 2 heteroatoms. The van der Waals surface area contributed by atoms with E-state index in [9.17, 15) is 0 Å². The van der Waals surface area contributed by atoms with E-state index in [1.54, 1.807) is 0 Å². The van der Waals surface area contributed by atoms with E-state index in [0.29, 0.717) is 12.1 Å². The fraction of sp³-hybridized carbons (Fsp3) is 0.667. The first kappa shape index (κ1) is 17.2. The quantitative estimate of drug-likeness (QED) is 0.715. The Kier molecular flexibility index (Phi) is 7.86. The van der Waals surface area contributed by atoms with E-state index in [1.807, 2.05) is 0 Å². The van der Waals surface area contributed by atoms with Crippen molar-refractivity contribution in [3.63, 3.8) is 0 Å². The predicted molar refractivity (Wildman–Crippen MR) is 87.3 cm³/mol. The Balaban J connectivity index is 2.74. The van der Waals surface area contributed by atoms with Crippen LogP contribution in [0, 0.1) is 13.8 Å². The second-order valence-electron chi connectivity index (χ2n) is 5.80. The molecule has 0 saturated heterocycles. The van der Waals surface area contributed by atoms with Crippen molar-refractivity contribution in [2.45, 2.75) is 66.0 Å². The van der Waals surface area contributed by atoms with E-state index in [0.717, 1.165) is 26.0 Å². The molecule has 1 aromatic carbocycles. The van der Waals surface area contributed by atoms with Crippen LogP contribution in [0.3, 0.4) is 0 Å². The van der Waals surface area contributed by atoms with Gasteiger partial charge in [0.2, 0.25) is 0 Å². The third-order valence-corrected chi connectivity index (χ3v) is 3.69. The molecule has 0 aromatic heterocycles. The van der Waals surface area contributed by atoms with Crippen LogP contribution in [-0.4, -0.2) is 19.3 Å². The molecule has 20 heavy (non-hydrogen) atoms. The van der Waals surface area contributed by atoms with Crippen LogP contribution in [0.15, 0.2) is 18.2 Å². The molecule has 0 aliphatic carbocycles. The van der Waals surface area contributed by atoms with Gasteiger partial charge in [-0.15, -0.1) is 0 Å². The van der Waals surface area contributed by atoms with Crippen molar-refractivity contribution in [3.05, 3.63) is 34.9 Å². The molecule has 0 amide bonds. The van der Waals surface area contributed by atoms with Crippen molar-refractivity contribution in [1.82, 2.24) is 5.32 Å². The van der Waals surface area contributed by atoms with Crippen LogP contribution < -0.4 is 5.32 Å². The Morgan fingerprint density at radius 1 is 1.15 bits per heavy atom. The van der Waals surface area contributed by atoms with Gasteiger partial charge in [0.15, 0.2) is 0 Å². The van der Waals surface area contributed by atoms with Crippen molar-refractivity contribution >= 4 is 0 Å². The van der Waals surface area contributed by atoms with E-state index in [-0.39, 0.29) is 0 Å². The van der Waals surface area contributed by atoms with Gasteiger partial charge in [0, 0.05) is 0 Å². The third-order valence-electron chi connectivity index (χ3n) is 3.69. The van der Waals surface area contributed by atoms with Gasteiger partial charge in [-0.1, -0.05) is 44.0 Å². The lowest BCUT2D eigenvalue weighted by Crippen LogP contribution is -2.28. The van der Waals surface area contributed by atoms with Gasteiger partial charge in [0.05, 0.1) is 18.8 Å². The highest BCUT2D eigenvalue weighted by molar-refractivity contribution is 5.33. The first-order valence-corrected chi connectivity index (χ1v) is 8.00. The predicted octanol–water partition coefficient (Wildman–Crippen LogP) is 4.55. The van der Waals surface area contributed by atoms with Gasteiger partial charge in [-0.05, 0) is 51.3 Å². The fourth-order valence-electron chi connectivity index (χ4n) is 2.46. The van der Waals surface area contributed by atoms with Crippen molar-refractivity contribution in [2.24, 2.45) is 0 Å². The maximum atomic E-state index is 6.03. The van der Waals surface area contributed by atoms with Gasteiger partial charge in [-0.25, -0.2) is 0 Å². The minimum atomic E-state index is 0.300. The Hall–Kier alpha value is -0.860. The zero-order valence-electron chi connectivity index (χ0n) is 13.8. The van der Waals surface area contributed by atoms with Crippen LogP contribution >= 0.6 is 0 Å². The lowest BCUT2D eigenvalue weighted by molar-refractivity contribution is 0.0439. The average Bonchev–Trinajstić information content (AvgIpc) is 2.42. The summed E-state index contributed by atoms with van der Waals surface area (Å²) >= 11 is 0. The van der Waals surface area contributed by atoms with Gasteiger partial charge >= 0.3 is 0 Å². The van der Waals surface area contributed by atoms with E-state index in [1.165, 1.54) is 23.1 Å². The molecule has 2 nitrogen and oxygen atoms in total. The van der Waals surface area contributed by atoms with E-state index in [2.05, 4.69) is 58.1 Å². The van der Waals surface area contributed by atoms with Crippen LogP contribution in [0.5, 0.6) is 0 Å². The molecule has 0 aliphatic heterocycles. The van der Waals surface area contributed by atoms with Gasteiger partial charge in [-0.2, -0.15) is 0 Å². The lowest BCUT2D eigenvalue weighted by atomic mass is 9.99. The molecule has 2 unspecified atom stereocenters. The fourth-order valence-corrected chi connectivity index (χ4v) is 2.46. The standard InChI is InChI=1S/C18H31NO/c1-6-8-16(5)20-13-18(19-11-7-2)17-12-14(3)9-10-15(17)4/h9-10,12,16,18-19H,6-8,11,13H2,1-5H3. The number of aryl methyl sites for hydroxylation is 2. The van der Waals surface area contributed by atoms with Crippen molar-refractivity contribution in [1.29, 1.82) is 0 Å². The molecule has 1 aromatic rings. The Labute approximate surface area is 124 Å². The van der Waals surface area contributed by atoms with Crippen LogP contribution in [0.25, 0.3) is 0 Å². The summed E-state index contributed by atoms with van der Waals surface area (Å²) < 4.78 is 6.03. The van der Waals surface area contributed by atoms with E-state index < -0.39 is 0 Å². The smallest absolute Gasteiger partial charge is 0.0665 e. The molecular formula is C18H31NO. The Morgan fingerprint density at radius 2 is 1.90 bits per heavy atom. The van der Waals surface area contributed by atoms with Crippen LogP contribution in [-0.2, 0) is 4.74 Å². The molecule has 0 saturated carbocycles. The minimum absolute atomic E-state index is 0.300. The highest BCUT2D eigenvalue weighted by atomic mass is 16.5. The van der Waals surface area contributed by atoms with Crippen LogP contribution in [0.1, 0.15) is 62.8 Å². The van der Waals surface area contributed by atoms with Crippen molar-refractivity contribution in [3.8, 4) is 0 Å². The maximum Gasteiger partial charge on any atom is 0.0665 e. The molecular weight excluding hydrogens is 246 g/mol. The molecule has 1 N–H and O–H groups in total. The molecule has 0 heterocycles. The normalized spacial score (nSPS) is 14.2. The first-order valence-electron chi connectivity index (χ1n) is 8.00. The molecule has 0 spiro atoms. The lowest BCUT2D eigenvalue weighted by Gasteiger charge is -2.23. The summed E-state index contributed by atoms with van der Waals surface area (Å²) in [5.41, 5.74) is 4.04. The Morgan fingerprint density at radius 3 is 2.55 bits per heavy atom. The Bertz CT molecular complexity index is 389. The summed E-state index contributed by atoms with van der Waals surface area (Å²) in [5.74, 6) is 0. The summed E-state index contributed by atoms with van der Waals surface area (Å²) in [6.07, 6.45) is 3.80. The summed E-state index contributed by atoms with van der Waals surface area (Å²) in [6, 6.07) is 6.97. The van der Waals surface area contributed by atoms with Gasteiger partial charge in [-0.3, -0.25) is 0 Å². The topological polar surface area (TPSA) is 21.3 Å². The minimum Gasteiger partial charge on any atom is -0.377 e. The summed E-state index contributed by atoms with van der Waals surface area (Å²) in [7, 11) is 0. The first-order chi connectivity index (χ1) is 9.58. The van der Waals surface area contributed by atoms with E-state index in [4.69, 9.17) is 4.74 Å².